The highest BCUT2D eigenvalue weighted by atomic mass is 16.3. The second-order valence-electron chi connectivity index (χ2n) is 4.39. The number of H-pyrrole nitrogens is 1. The first-order valence-corrected chi connectivity index (χ1v) is 7.18. The summed E-state index contributed by atoms with van der Waals surface area (Å²) < 4.78 is 0. The molecule has 0 atom stereocenters. The normalized spacial score (nSPS) is 9.73. The van der Waals surface area contributed by atoms with Crippen LogP contribution in [0.4, 0.5) is 0 Å². The van der Waals surface area contributed by atoms with Gasteiger partial charge in [0.25, 0.3) is 0 Å². The lowest BCUT2D eigenvalue weighted by atomic mass is 10.1. The number of hydrogen-bond acceptors (Lipinski definition) is 3. The maximum absolute atomic E-state index is 12.2. The van der Waals surface area contributed by atoms with E-state index in [1.807, 2.05) is 32.0 Å². The van der Waals surface area contributed by atoms with Crippen LogP contribution in [-0.4, -0.2) is 20.9 Å². The summed E-state index contributed by atoms with van der Waals surface area (Å²) in [4.78, 5) is 19.4. The van der Waals surface area contributed by atoms with Crippen molar-refractivity contribution in [2.75, 3.05) is 0 Å². The molecule has 2 aromatic carbocycles. The lowest BCUT2D eigenvalue weighted by Gasteiger charge is -1.98. The zero-order valence-electron chi connectivity index (χ0n) is 12.6. The Hall–Kier alpha value is -2.88. The fourth-order valence-corrected chi connectivity index (χ4v) is 1.95. The van der Waals surface area contributed by atoms with Gasteiger partial charge in [-0.3, -0.25) is 4.79 Å². The molecule has 0 saturated carbocycles. The smallest absolute Gasteiger partial charge is 0.210 e. The van der Waals surface area contributed by atoms with Crippen LogP contribution in [0.2, 0.25) is 0 Å². The Morgan fingerprint density at radius 2 is 1.64 bits per heavy atom. The van der Waals surface area contributed by atoms with Gasteiger partial charge < -0.3 is 10.1 Å². The monoisotopic (exact) mass is 294 g/mol. The van der Waals surface area contributed by atoms with Gasteiger partial charge in [-0.1, -0.05) is 44.2 Å². The molecule has 0 unspecified atom stereocenters. The Labute approximate surface area is 129 Å². The van der Waals surface area contributed by atoms with E-state index >= 15 is 0 Å². The molecule has 22 heavy (non-hydrogen) atoms. The number of aromatic nitrogens is 2. The SMILES string of the molecule is CC.O=C(c1ccccc1)c1cnc(-c2ccc(O)cc2)[nH]1. The predicted molar refractivity (Wildman–Crippen MR) is 86.9 cm³/mol. The second kappa shape index (κ2) is 7.22. The fourth-order valence-electron chi connectivity index (χ4n) is 1.95. The van der Waals surface area contributed by atoms with Crippen LogP contribution in [0.25, 0.3) is 11.4 Å². The molecule has 0 amide bonds. The van der Waals surface area contributed by atoms with Crippen LogP contribution in [0, 0.1) is 0 Å². The molecule has 3 aromatic rings. The number of phenols is 1. The average molecular weight is 294 g/mol. The number of hydrogen-bond donors (Lipinski definition) is 2. The van der Waals surface area contributed by atoms with Crippen LogP contribution in [0.5, 0.6) is 5.75 Å². The third-order valence-corrected chi connectivity index (χ3v) is 3.00. The molecule has 0 aliphatic heterocycles. The first-order chi connectivity index (χ1) is 10.7. The van der Waals surface area contributed by atoms with Crippen molar-refractivity contribution in [1.82, 2.24) is 9.97 Å². The Bertz CT molecular complexity index is 731. The lowest BCUT2D eigenvalue weighted by molar-refractivity contribution is 0.103. The maximum Gasteiger partial charge on any atom is 0.210 e. The number of carbonyl (C=O) groups is 1. The largest absolute Gasteiger partial charge is 0.508 e. The van der Waals surface area contributed by atoms with Crippen molar-refractivity contribution < 1.29 is 9.90 Å². The van der Waals surface area contributed by atoms with E-state index in [1.54, 1.807) is 36.4 Å². The molecule has 4 nitrogen and oxygen atoms in total. The van der Waals surface area contributed by atoms with Gasteiger partial charge in [0, 0.05) is 11.1 Å². The summed E-state index contributed by atoms with van der Waals surface area (Å²) in [5.41, 5.74) is 1.88. The van der Waals surface area contributed by atoms with Crippen LogP contribution in [-0.2, 0) is 0 Å². The van der Waals surface area contributed by atoms with E-state index in [9.17, 15) is 9.90 Å². The highest BCUT2D eigenvalue weighted by Gasteiger charge is 2.12. The number of imidazole rings is 1. The molecule has 112 valence electrons. The van der Waals surface area contributed by atoms with E-state index in [-0.39, 0.29) is 11.5 Å². The number of benzene rings is 2. The van der Waals surface area contributed by atoms with Gasteiger partial charge in [0.2, 0.25) is 5.78 Å². The van der Waals surface area contributed by atoms with Crippen molar-refractivity contribution in [2.24, 2.45) is 0 Å². The summed E-state index contributed by atoms with van der Waals surface area (Å²) in [6.45, 7) is 4.00. The highest BCUT2D eigenvalue weighted by Crippen LogP contribution is 2.19. The van der Waals surface area contributed by atoms with Crippen LogP contribution in [0.15, 0.2) is 60.8 Å². The van der Waals surface area contributed by atoms with Crippen LogP contribution in [0.1, 0.15) is 29.9 Å². The van der Waals surface area contributed by atoms with Crippen molar-refractivity contribution in [3.05, 3.63) is 72.1 Å². The van der Waals surface area contributed by atoms with Gasteiger partial charge in [0.05, 0.1) is 6.20 Å². The summed E-state index contributed by atoms with van der Waals surface area (Å²) >= 11 is 0. The van der Waals surface area contributed by atoms with Crippen LogP contribution < -0.4 is 0 Å². The molecule has 0 radical (unpaired) electrons. The molecule has 0 spiro atoms. The molecule has 1 aromatic heterocycles. The van der Waals surface area contributed by atoms with Crippen molar-refractivity contribution in [1.29, 1.82) is 0 Å². The Balaban J connectivity index is 0.000000847. The molecule has 2 N–H and O–H groups in total. The summed E-state index contributed by atoms with van der Waals surface area (Å²) in [6.07, 6.45) is 1.53. The molecule has 0 bridgehead atoms. The number of nitrogens with one attached hydrogen (secondary N) is 1. The second-order valence-corrected chi connectivity index (χ2v) is 4.39. The number of phenolic OH excluding ortho intramolecular Hbond substituents is 1. The molecule has 3 rings (SSSR count). The summed E-state index contributed by atoms with van der Waals surface area (Å²) in [5.74, 6) is 0.702. The standard InChI is InChI=1S/C16H12N2O2.C2H6/c19-13-8-6-12(7-9-13)16-17-10-14(18-16)15(20)11-4-2-1-3-5-11;1-2/h1-10,19H,(H,17,18);1-2H3. The average Bonchev–Trinajstić information content (AvgIpc) is 3.07. The van der Waals surface area contributed by atoms with E-state index in [2.05, 4.69) is 9.97 Å². The molecule has 0 aliphatic rings. The molecule has 0 fully saturated rings. The Morgan fingerprint density at radius 3 is 2.27 bits per heavy atom. The van der Waals surface area contributed by atoms with Gasteiger partial charge in [0.15, 0.2) is 0 Å². The predicted octanol–water partition coefficient (Wildman–Crippen LogP) is 4.04. The first-order valence-electron chi connectivity index (χ1n) is 7.18. The van der Waals surface area contributed by atoms with E-state index in [4.69, 9.17) is 0 Å². The van der Waals surface area contributed by atoms with Crippen LogP contribution in [0.3, 0.4) is 0 Å². The minimum atomic E-state index is -0.0943. The van der Waals surface area contributed by atoms with Crippen LogP contribution >= 0.6 is 0 Å². The topological polar surface area (TPSA) is 66.0 Å². The van der Waals surface area contributed by atoms with Crippen molar-refractivity contribution >= 4 is 5.78 Å². The molecular weight excluding hydrogens is 276 g/mol. The summed E-state index contributed by atoms with van der Waals surface area (Å²) in [6, 6.07) is 15.7. The molecule has 0 saturated heterocycles. The van der Waals surface area contributed by atoms with Crippen molar-refractivity contribution in [3.63, 3.8) is 0 Å². The van der Waals surface area contributed by atoms with E-state index in [1.165, 1.54) is 6.20 Å². The third-order valence-electron chi connectivity index (χ3n) is 3.00. The minimum Gasteiger partial charge on any atom is -0.508 e. The Morgan fingerprint density at radius 1 is 1.00 bits per heavy atom. The number of aromatic hydroxyl groups is 1. The number of ketones is 1. The Kier molecular flexibility index (Phi) is 5.09. The fraction of sp³-hybridized carbons (Fsp3) is 0.111. The van der Waals surface area contributed by atoms with E-state index in [0.29, 0.717) is 17.1 Å². The zero-order chi connectivity index (χ0) is 15.9. The minimum absolute atomic E-state index is 0.0943. The maximum atomic E-state index is 12.2. The van der Waals surface area contributed by atoms with Gasteiger partial charge in [-0.25, -0.2) is 4.98 Å². The molecular formula is C18H18N2O2. The number of aromatic amines is 1. The van der Waals surface area contributed by atoms with E-state index in [0.717, 1.165) is 5.56 Å². The summed E-state index contributed by atoms with van der Waals surface area (Å²) in [5, 5.41) is 9.26. The quantitative estimate of drug-likeness (QED) is 0.716. The van der Waals surface area contributed by atoms with Gasteiger partial charge in [0.1, 0.15) is 17.3 Å². The van der Waals surface area contributed by atoms with Gasteiger partial charge in [-0.2, -0.15) is 0 Å². The first kappa shape index (κ1) is 15.5. The van der Waals surface area contributed by atoms with E-state index < -0.39 is 0 Å². The van der Waals surface area contributed by atoms with Crippen molar-refractivity contribution in [3.8, 4) is 17.1 Å². The lowest BCUT2D eigenvalue weighted by Crippen LogP contribution is -2.01. The zero-order valence-corrected chi connectivity index (χ0v) is 12.6. The highest BCUT2D eigenvalue weighted by molar-refractivity contribution is 6.07. The van der Waals surface area contributed by atoms with Crippen molar-refractivity contribution in [2.45, 2.75) is 13.8 Å². The molecule has 4 heteroatoms. The molecule has 0 aliphatic carbocycles. The number of carbonyl (C=O) groups excluding carboxylic acids is 1. The number of nitrogens with zero attached hydrogens (tertiary/aromatic N) is 1. The molecule has 1 heterocycles. The third kappa shape index (κ3) is 3.41. The number of rotatable bonds is 3. The van der Waals surface area contributed by atoms with Gasteiger partial charge >= 0.3 is 0 Å². The summed E-state index contributed by atoms with van der Waals surface area (Å²) in [7, 11) is 0. The van der Waals surface area contributed by atoms with Gasteiger partial charge in [-0.15, -0.1) is 0 Å². The van der Waals surface area contributed by atoms with Gasteiger partial charge in [-0.05, 0) is 24.3 Å².